The Morgan fingerprint density at radius 2 is 1.58 bits per heavy atom. The van der Waals surface area contributed by atoms with Gasteiger partial charge < -0.3 is 9.84 Å². The number of aromatic nitrogens is 2. The van der Waals surface area contributed by atoms with Crippen molar-refractivity contribution in [3.8, 4) is 0 Å². The maximum Gasteiger partial charge on any atom is 0.413 e. The van der Waals surface area contributed by atoms with E-state index >= 15 is 0 Å². The van der Waals surface area contributed by atoms with E-state index in [0.29, 0.717) is 0 Å². The molecule has 0 atom stereocenters. The molecule has 2 aromatic rings. The molecule has 0 bridgehead atoms. The zero-order chi connectivity index (χ0) is 17.9. The molecule has 2 rings (SSSR count). The lowest BCUT2D eigenvalue weighted by Gasteiger charge is -2.18. The van der Waals surface area contributed by atoms with Crippen LogP contribution in [-0.2, 0) is 4.74 Å². The molecule has 0 fully saturated rings. The van der Waals surface area contributed by atoms with Crippen LogP contribution in [0.3, 0.4) is 0 Å². The molecule has 0 saturated heterocycles. The van der Waals surface area contributed by atoms with Gasteiger partial charge in [0.2, 0.25) is 0 Å². The topological polar surface area (TPSA) is 131 Å². The Morgan fingerprint density at radius 1 is 1.04 bits per heavy atom. The molecule has 0 saturated carbocycles. The van der Waals surface area contributed by atoms with Gasteiger partial charge in [-0.2, -0.15) is 0 Å². The molecular weight excluding hydrogens is 356 g/mol. The van der Waals surface area contributed by atoms with Gasteiger partial charge in [0.15, 0.2) is 16.0 Å². The number of carboxylic acids is 1. The van der Waals surface area contributed by atoms with Crippen molar-refractivity contribution in [1.82, 2.24) is 9.97 Å². The van der Waals surface area contributed by atoms with Crippen LogP contribution in [-0.4, -0.2) is 38.6 Å². The third kappa shape index (κ3) is 4.99. The first-order valence-electron chi connectivity index (χ1n) is 6.60. The highest BCUT2D eigenvalue weighted by Gasteiger charge is 2.19. The summed E-state index contributed by atoms with van der Waals surface area (Å²) in [5, 5.41) is 16.8. The zero-order valence-corrected chi connectivity index (χ0v) is 14.6. The van der Waals surface area contributed by atoms with Crippen molar-refractivity contribution >= 4 is 50.9 Å². The van der Waals surface area contributed by atoms with Crippen LogP contribution in [0.1, 0.15) is 41.7 Å². The van der Waals surface area contributed by atoms with Gasteiger partial charge in [-0.3, -0.25) is 15.4 Å². The number of carboxylic acid groups (broad SMARTS) is 1. The molecule has 24 heavy (non-hydrogen) atoms. The number of hydrogen-bond acceptors (Lipinski definition) is 8. The van der Waals surface area contributed by atoms with Gasteiger partial charge >= 0.3 is 12.1 Å². The average molecular weight is 370 g/mol. The van der Waals surface area contributed by atoms with E-state index in [0.717, 1.165) is 22.7 Å². The lowest BCUT2D eigenvalue weighted by Crippen LogP contribution is -2.27. The van der Waals surface area contributed by atoms with Gasteiger partial charge in [-0.15, -0.1) is 22.7 Å². The Hall–Kier alpha value is -2.53. The van der Waals surface area contributed by atoms with Crippen LogP contribution in [0, 0.1) is 0 Å². The molecule has 0 radical (unpaired) electrons. The van der Waals surface area contributed by atoms with Crippen LogP contribution >= 0.6 is 22.7 Å². The lowest BCUT2D eigenvalue weighted by atomic mass is 10.2. The number of carbonyl (C=O) groups excluding carboxylic acids is 2. The van der Waals surface area contributed by atoms with Gasteiger partial charge in [0, 0.05) is 10.8 Å². The summed E-state index contributed by atoms with van der Waals surface area (Å²) in [5.41, 5.74) is -0.729. The summed E-state index contributed by atoms with van der Waals surface area (Å²) in [6.07, 6.45) is -0.671. The van der Waals surface area contributed by atoms with Crippen LogP contribution < -0.4 is 10.6 Å². The van der Waals surface area contributed by atoms with Crippen molar-refractivity contribution in [1.29, 1.82) is 0 Å². The van der Waals surface area contributed by atoms with E-state index in [4.69, 9.17) is 9.84 Å². The predicted octanol–water partition coefficient (Wildman–Crippen LogP) is 2.90. The fourth-order valence-electron chi connectivity index (χ4n) is 1.42. The van der Waals surface area contributed by atoms with E-state index in [1.807, 2.05) is 0 Å². The van der Waals surface area contributed by atoms with Crippen molar-refractivity contribution in [2.75, 3.05) is 10.6 Å². The summed E-state index contributed by atoms with van der Waals surface area (Å²) in [4.78, 5) is 42.1. The minimum Gasteiger partial charge on any atom is -0.476 e. The number of amides is 2. The third-order valence-corrected chi connectivity index (χ3v) is 3.80. The summed E-state index contributed by atoms with van der Waals surface area (Å²) in [5.74, 6) is -1.74. The maximum atomic E-state index is 12.0. The van der Waals surface area contributed by atoms with Crippen molar-refractivity contribution in [2.45, 2.75) is 26.4 Å². The molecule has 0 unspecified atom stereocenters. The van der Waals surface area contributed by atoms with Gasteiger partial charge in [0.05, 0.1) is 0 Å². The van der Waals surface area contributed by atoms with Crippen LogP contribution in [0.5, 0.6) is 0 Å². The number of aromatic carboxylic acids is 1. The molecule has 0 aliphatic carbocycles. The number of ether oxygens (including phenoxy) is 1. The molecule has 9 nitrogen and oxygen atoms in total. The second-order valence-corrected chi connectivity index (χ2v) is 7.18. The van der Waals surface area contributed by atoms with Crippen molar-refractivity contribution in [3.05, 3.63) is 22.1 Å². The Balaban J connectivity index is 1.97. The molecule has 128 valence electrons. The molecule has 3 N–H and O–H groups in total. The second kappa shape index (κ2) is 6.93. The van der Waals surface area contributed by atoms with E-state index in [1.165, 1.54) is 10.8 Å². The van der Waals surface area contributed by atoms with Crippen LogP contribution in [0.4, 0.5) is 15.1 Å². The molecule has 11 heteroatoms. The molecule has 0 aromatic carbocycles. The number of thiazole rings is 2. The lowest BCUT2D eigenvalue weighted by molar-refractivity contribution is 0.0633. The summed E-state index contributed by atoms with van der Waals surface area (Å²) in [6.45, 7) is 5.19. The summed E-state index contributed by atoms with van der Waals surface area (Å²) in [7, 11) is 0. The Labute approximate surface area is 144 Å². The number of nitrogens with zero attached hydrogens (tertiary/aromatic N) is 2. The molecule has 2 amide bonds. The molecule has 0 spiro atoms. The van der Waals surface area contributed by atoms with Crippen LogP contribution in [0.25, 0.3) is 0 Å². The van der Waals surface area contributed by atoms with Gasteiger partial charge in [-0.25, -0.2) is 19.6 Å². The highest BCUT2D eigenvalue weighted by atomic mass is 32.1. The minimum atomic E-state index is -1.18. The third-order valence-electron chi connectivity index (χ3n) is 2.29. The average Bonchev–Trinajstić information content (AvgIpc) is 3.05. The van der Waals surface area contributed by atoms with E-state index in [-0.39, 0.29) is 21.7 Å². The van der Waals surface area contributed by atoms with Crippen LogP contribution in [0.2, 0.25) is 0 Å². The summed E-state index contributed by atoms with van der Waals surface area (Å²) < 4.78 is 5.08. The molecule has 2 heterocycles. The van der Waals surface area contributed by atoms with E-state index in [9.17, 15) is 14.4 Å². The van der Waals surface area contributed by atoms with Crippen molar-refractivity contribution in [3.63, 3.8) is 0 Å². The first kappa shape index (κ1) is 17.8. The maximum absolute atomic E-state index is 12.0. The molecule has 0 aliphatic heterocycles. The number of carbonyl (C=O) groups is 3. The Kier molecular flexibility index (Phi) is 5.14. The van der Waals surface area contributed by atoms with E-state index < -0.39 is 23.6 Å². The van der Waals surface area contributed by atoms with Gasteiger partial charge in [-0.1, -0.05) is 0 Å². The Bertz CT molecular complexity index is 777. The normalized spacial score (nSPS) is 11.0. The Morgan fingerprint density at radius 3 is 2.12 bits per heavy atom. The number of anilines is 2. The van der Waals surface area contributed by atoms with E-state index in [1.54, 1.807) is 20.8 Å². The fraction of sp³-hybridized carbons (Fsp3) is 0.308. The van der Waals surface area contributed by atoms with E-state index in [2.05, 4.69) is 20.6 Å². The first-order chi connectivity index (χ1) is 11.1. The second-order valence-electron chi connectivity index (χ2n) is 5.46. The minimum absolute atomic E-state index is 0.0677. The zero-order valence-electron chi connectivity index (χ0n) is 12.9. The highest BCUT2D eigenvalue weighted by Crippen LogP contribution is 2.20. The van der Waals surface area contributed by atoms with Crippen molar-refractivity contribution in [2.24, 2.45) is 0 Å². The van der Waals surface area contributed by atoms with Gasteiger partial charge in [0.1, 0.15) is 11.3 Å². The largest absolute Gasteiger partial charge is 0.476 e. The summed E-state index contributed by atoms with van der Waals surface area (Å²) >= 11 is 2.04. The van der Waals surface area contributed by atoms with Gasteiger partial charge in [0.25, 0.3) is 5.91 Å². The molecule has 0 aliphatic rings. The molecule has 2 aromatic heterocycles. The SMILES string of the molecule is CC(C)(C)OC(=O)Nc1nc(C(=O)Nc2nc(C(=O)O)cs2)cs1. The van der Waals surface area contributed by atoms with Crippen LogP contribution in [0.15, 0.2) is 10.8 Å². The quantitative estimate of drug-likeness (QED) is 0.754. The summed E-state index contributed by atoms with van der Waals surface area (Å²) in [6, 6.07) is 0. The number of nitrogens with one attached hydrogen (secondary N) is 2. The predicted molar refractivity (Wildman–Crippen MR) is 89.0 cm³/mol. The number of hydrogen-bond donors (Lipinski definition) is 3. The standard InChI is InChI=1S/C13H14N4O5S2/c1-13(2,3)22-12(21)17-11-14-6(4-23-11)8(18)16-10-15-7(5-24-10)9(19)20/h4-5H,1-3H3,(H,19,20)(H,14,17,21)(H,15,16,18). The fourth-order valence-corrected chi connectivity index (χ4v) is 2.77. The number of rotatable bonds is 4. The van der Waals surface area contributed by atoms with Gasteiger partial charge in [-0.05, 0) is 20.8 Å². The monoisotopic (exact) mass is 370 g/mol. The van der Waals surface area contributed by atoms with Crippen molar-refractivity contribution < 1.29 is 24.2 Å². The molecular formula is C13H14N4O5S2. The first-order valence-corrected chi connectivity index (χ1v) is 8.35. The smallest absolute Gasteiger partial charge is 0.413 e. The highest BCUT2D eigenvalue weighted by molar-refractivity contribution is 7.14.